The Kier molecular flexibility index (Phi) is 4.97. The molecule has 23 heavy (non-hydrogen) atoms. The largest absolute Gasteiger partial charge is 0.497 e. The molecule has 0 amide bonds. The molecule has 124 valence electrons. The number of hydrogen-bond donors (Lipinski definition) is 0. The first kappa shape index (κ1) is 16.4. The van der Waals surface area contributed by atoms with Gasteiger partial charge in [-0.15, -0.1) is 11.3 Å². The lowest BCUT2D eigenvalue weighted by Gasteiger charge is -2.33. The van der Waals surface area contributed by atoms with Crippen molar-refractivity contribution in [3.8, 4) is 17.0 Å². The van der Waals surface area contributed by atoms with Crippen molar-refractivity contribution in [3.05, 3.63) is 34.4 Å². The molecule has 1 fully saturated rings. The van der Waals surface area contributed by atoms with Gasteiger partial charge >= 0.3 is 0 Å². The van der Waals surface area contributed by atoms with Crippen LogP contribution in [0.2, 0.25) is 0 Å². The topological polar surface area (TPSA) is 25.4 Å². The molecule has 0 unspecified atom stereocenters. The van der Waals surface area contributed by atoms with E-state index in [0.29, 0.717) is 23.3 Å². The zero-order valence-electron chi connectivity index (χ0n) is 13.9. The van der Waals surface area contributed by atoms with E-state index in [9.17, 15) is 4.39 Å². The molecule has 0 radical (unpaired) electrons. The Morgan fingerprint density at radius 2 is 2.04 bits per heavy atom. The number of rotatable bonds is 4. The number of likely N-dealkylation sites (tertiary alicyclic amines) is 1. The second kappa shape index (κ2) is 6.97. The van der Waals surface area contributed by atoms with Crippen LogP contribution in [0, 0.1) is 5.82 Å². The van der Waals surface area contributed by atoms with Gasteiger partial charge in [0.1, 0.15) is 11.6 Å². The van der Waals surface area contributed by atoms with Crippen molar-refractivity contribution in [3.63, 3.8) is 0 Å². The molecule has 0 N–H and O–H groups in total. The lowest BCUT2D eigenvalue weighted by atomic mass is 9.96. The van der Waals surface area contributed by atoms with Gasteiger partial charge in [-0.3, -0.25) is 0 Å². The summed E-state index contributed by atoms with van der Waals surface area (Å²) in [7, 11) is 1.54. The predicted molar refractivity (Wildman–Crippen MR) is 92.7 cm³/mol. The number of piperidine rings is 1. The average molecular weight is 334 g/mol. The summed E-state index contributed by atoms with van der Waals surface area (Å²) in [5, 5.41) is 3.10. The minimum atomic E-state index is -0.282. The fraction of sp³-hybridized carbons (Fsp3) is 0.500. The third-order valence-corrected chi connectivity index (χ3v) is 5.59. The van der Waals surface area contributed by atoms with Crippen molar-refractivity contribution in [1.29, 1.82) is 0 Å². The smallest absolute Gasteiger partial charge is 0.136 e. The van der Waals surface area contributed by atoms with E-state index in [1.54, 1.807) is 30.6 Å². The van der Waals surface area contributed by atoms with Crippen molar-refractivity contribution < 1.29 is 9.13 Å². The molecule has 1 saturated heterocycles. The number of aromatic nitrogens is 1. The number of ether oxygens (including phenoxy) is 1. The van der Waals surface area contributed by atoms with Gasteiger partial charge in [-0.05, 0) is 51.9 Å². The lowest BCUT2D eigenvalue weighted by Crippen LogP contribution is -2.37. The van der Waals surface area contributed by atoms with Crippen molar-refractivity contribution in [2.45, 2.75) is 38.6 Å². The highest BCUT2D eigenvalue weighted by Gasteiger charge is 2.24. The highest BCUT2D eigenvalue weighted by molar-refractivity contribution is 7.10. The molecule has 1 aliphatic rings. The van der Waals surface area contributed by atoms with E-state index in [4.69, 9.17) is 9.72 Å². The fourth-order valence-electron chi connectivity index (χ4n) is 3.09. The Hall–Kier alpha value is -1.46. The molecule has 0 aliphatic carbocycles. The number of benzene rings is 1. The molecule has 1 aromatic carbocycles. The summed E-state index contributed by atoms with van der Waals surface area (Å²) in [6, 6.07) is 5.54. The number of hydrogen-bond acceptors (Lipinski definition) is 4. The van der Waals surface area contributed by atoms with Gasteiger partial charge in [-0.1, -0.05) is 0 Å². The first-order valence-corrected chi connectivity index (χ1v) is 9.00. The third-order valence-electron chi connectivity index (χ3n) is 4.58. The molecule has 2 heterocycles. The summed E-state index contributed by atoms with van der Waals surface area (Å²) < 4.78 is 19.2. The van der Waals surface area contributed by atoms with Crippen molar-refractivity contribution in [2.75, 3.05) is 20.2 Å². The zero-order valence-corrected chi connectivity index (χ0v) is 14.7. The molecule has 1 aliphatic heterocycles. The Morgan fingerprint density at radius 1 is 1.30 bits per heavy atom. The predicted octanol–water partition coefficient (Wildman–Crippen LogP) is 4.55. The Morgan fingerprint density at radius 3 is 2.65 bits per heavy atom. The Balaban J connectivity index is 1.74. The van der Waals surface area contributed by atoms with Gasteiger partial charge in [-0.25, -0.2) is 9.37 Å². The maximum absolute atomic E-state index is 14.2. The Bertz CT molecular complexity index is 663. The number of methoxy groups -OCH3 is 1. The normalized spacial score (nSPS) is 16.9. The van der Waals surface area contributed by atoms with E-state index in [1.807, 2.05) is 5.38 Å². The van der Waals surface area contributed by atoms with Crippen LogP contribution in [0.5, 0.6) is 5.75 Å². The van der Waals surface area contributed by atoms with Crippen LogP contribution >= 0.6 is 11.3 Å². The fourth-order valence-corrected chi connectivity index (χ4v) is 4.08. The molecule has 0 spiro atoms. The molecule has 3 rings (SSSR count). The van der Waals surface area contributed by atoms with Crippen LogP contribution < -0.4 is 4.74 Å². The third kappa shape index (κ3) is 3.56. The minimum absolute atomic E-state index is 0.282. The maximum Gasteiger partial charge on any atom is 0.136 e. The summed E-state index contributed by atoms with van der Waals surface area (Å²) in [6.07, 6.45) is 2.27. The molecule has 2 aromatic rings. The summed E-state index contributed by atoms with van der Waals surface area (Å²) in [6.45, 7) is 6.73. The summed E-state index contributed by atoms with van der Waals surface area (Å²) in [5.41, 5.74) is 1.28. The highest BCUT2D eigenvalue weighted by atomic mass is 32.1. The van der Waals surface area contributed by atoms with Gasteiger partial charge in [0.2, 0.25) is 0 Å². The second-order valence-electron chi connectivity index (χ2n) is 6.32. The molecule has 5 heteroatoms. The lowest BCUT2D eigenvalue weighted by molar-refractivity contribution is 0.172. The number of nitrogens with zero attached hydrogens (tertiary/aromatic N) is 2. The van der Waals surface area contributed by atoms with Crippen LogP contribution in [-0.4, -0.2) is 36.1 Å². The van der Waals surface area contributed by atoms with Crippen molar-refractivity contribution >= 4 is 11.3 Å². The van der Waals surface area contributed by atoms with E-state index < -0.39 is 0 Å². The van der Waals surface area contributed by atoms with E-state index in [-0.39, 0.29) is 5.82 Å². The summed E-state index contributed by atoms with van der Waals surface area (Å²) in [5.74, 6) is 0.753. The van der Waals surface area contributed by atoms with Gasteiger partial charge < -0.3 is 9.64 Å². The van der Waals surface area contributed by atoms with Gasteiger partial charge in [0, 0.05) is 29.0 Å². The number of thiazole rings is 1. The first-order valence-electron chi connectivity index (χ1n) is 8.12. The summed E-state index contributed by atoms with van der Waals surface area (Å²) >= 11 is 1.65. The van der Waals surface area contributed by atoms with Gasteiger partial charge in [-0.2, -0.15) is 0 Å². The average Bonchev–Trinajstić information content (AvgIpc) is 3.04. The van der Waals surface area contributed by atoms with E-state index >= 15 is 0 Å². The molecular weight excluding hydrogens is 311 g/mol. The molecule has 1 aromatic heterocycles. The van der Waals surface area contributed by atoms with E-state index in [1.165, 1.54) is 6.07 Å². The van der Waals surface area contributed by atoms with Crippen LogP contribution in [-0.2, 0) is 0 Å². The Labute approximate surface area is 141 Å². The second-order valence-corrected chi connectivity index (χ2v) is 7.21. The molecular formula is C18H23FN2OS. The van der Waals surface area contributed by atoms with Crippen LogP contribution in [0.3, 0.4) is 0 Å². The molecule has 0 atom stereocenters. The van der Waals surface area contributed by atoms with E-state index in [0.717, 1.165) is 36.6 Å². The SMILES string of the molecule is COc1ccc(-c2csc(C3CCN(C(C)C)CC3)n2)c(F)c1. The van der Waals surface area contributed by atoms with Crippen LogP contribution in [0.25, 0.3) is 11.3 Å². The van der Waals surface area contributed by atoms with E-state index in [2.05, 4.69) is 18.7 Å². The van der Waals surface area contributed by atoms with Crippen LogP contribution in [0.4, 0.5) is 4.39 Å². The van der Waals surface area contributed by atoms with Crippen LogP contribution in [0.1, 0.15) is 37.6 Å². The van der Waals surface area contributed by atoms with Crippen LogP contribution in [0.15, 0.2) is 23.6 Å². The number of halogens is 1. The maximum atomic E-state index is 14.2. The van der Waals surface area contributed by atoms with Gasteiger partial charge in [0.25, 0.3) is 0 Å². The van der Waals surface area contributed by atoms with Gasteiger partial charge in [0.05, 0.1) is 17.8 Å². The first-order chi connectivity index (χ1) is 11.1. The summed E-state index contributed by atoms with van der Waals surface area (Å²) in [4.78, 5) is 7.22. The minimum Gasteiger partial charge on any atom is -0.497 e. The molecule has 0 bridgehead atoms. The quantitative estimate of drug-likeness (QED) is 0.820. The van der Waals surface area contributed by atoms with Gasteiger partial charge in [0.15, 0.2) is 0 Å². The highest BCUT2D eigenvalue weighted by Crippen LogP contribution is 2.34. The molecule has 0 saturated carbocycles. The zero-order chi connectivity index (χ0) is 16.4. The van der Waals surface area contributed by atoms with Crippen molar-refractivity contribution in [2.24, 2.45) is 0 Å². The monoisotopic (exact) mass is 334 g/mol. The standard InChI is InChI=1S/C18H23FN2OS/c1-12(2)21-8-6-13(7-9-21)18-20-17(11-23-18)15-5-4-14(22-3)10-16(15)19/h4-5,10-13H,6-9H2,1-3H3. The van der Waals surface area contributed by atoms with Crippen molar-refractivity contribution in [1.82, 2.24) is 9.88 Å². The molecule has 3 nitrogen and oxygen atoms in total.